The van der Waals surface area contributed by atoms with Crippen LogP contribution in [-0.2, 0) is 0 Å². The van der Waals surface area contributed by atoms with E-state index in [2.05, 4.69) is 10.3 Å². The standard InChI is InChI=1S/C15H15ClN2O/c1-9-5-4-6-10(2)14(9)18-15(19)12-7-11(3)17-13(16)8-12/h4-8H,1-3H3,(H,18,19). The van der Waals surface area contributed by atoms with Gasteiger partial charge in [-0.1, -0.05) is 29.8 Å². The van der Waals surface area contributed by atoms with Crippen molar-refractivity contribution in [2.45, 2.75) is 20.8 Å². The molecule has 0 spiro atoms. The Morgan fingerprint density at radius 3 is 2.37 bits per heavy atom. The zero-order valence-electron chi connectivity index (χ0n) is 11.1. The van der Waals surface area contributed by atoms with Gasteiger partial charge in [0.1, 0.15) is 5.15 Å². The second kappa shape index (κ2) is 5.41. The lowest BCUT2D eigenvalue weighted by Gasteiger charge is -2.11. The SMILES string of the molecule is Cc1cc(C(=O)Nc2c(C)cccc2C)cc(Cl)n1. The van der Waals surface area contributed by atoms with Gasteiger partial charge in [-0.2, -0.15) is 0 Å². The van der Waals surface area contributed by atoms with Gasteiger partial charge in [0.15, 0.2) is 0 Å². The Kier molecular flexibility index (Phi) is 3.86. The fraction of sp³-hybridized carbons (Fsp3) is 0.200. The van der Waals surface area contributed by atoms with E-state index in [1.54, 1.807) is 12.1 Å². The first-order chi connectivity index (χ1) is 8.97. The van der Waals surface area contributed by atoms with Crippen molar-refractivity contribution < 1.29 is 4.79 Å². The largest absolute Gasteiger partial charge is 0.322 e. The number of rotatable bonds is 2. The van der Waals surface area contributed by atoms with Crippen LogP contribution in [0.2, 0.25) is 5.15 Å². The molecule has 0 saturated heterocycles. The summed E-state index contributed by atoms with van der Waals surface area (Å²) >= 11 is 5.87. The number of anilines is 1. The van der Waals surface area contributed by atoms with Crippen molar-refractivity contribution >= 4 is 23.2 Å². The Morgan fingerprint density at radius 2 is 1.79 bits per heavy atom. The number of amides is 1. The van der Waals surface area contributed by atoms with Crippen molar-refractivity contribution in [2.75, 3.05) is 5.32 Å². The van der Waals surface area contributed by atoms with E-state index in [1.807, 2.05) is 39.0 Å². The highest BCUT2D eigenvalue weighted by Gasteiger charge is 2.11. The Labute approximate surface area is 117 Å². The number of hydrogen-bond acceptors (Lipinski definition) is 2. The molecule has 0 saturated carbocycles. The molecule has 0 aliphatic carbocycles. The van der Waals surface area contributed by atoms with Crippen LogP contribution < -0.4 is 5.32 Å². The molecule has 3 nitrogen and oxygen atoms in total. The van der Waals surface area contributed by atoms with Crippen molar-refractivity contribution in [3.05, 3.63) is 57.9 Å². The van der Waals surface area contributed by atoms with E-state index in [4.69, 9.17) is 11.6 Å². The molecule has 0 radical (unpaired) electrons. The Balaban J connectivity index is 2.31. The van der Waals surface area contributed by atoms with Crippen molar-refractivity contribution in [2.24, 2.45) is 0 Å². The number of carbonyl (C=O) groups excluding carboxylic acids is 1. The Bertz CT molecular complexity index is 598. The molecule has 2 rings (SSSR count). The molecule has 19 heavy (non-hydrogen) atoms. The van der Waals surface area contributed by atoms with E-state index in [0.29, 0.717) is 10.7 Å². The van der Waals surface area contributed by atoms with Gasteiger partial charge in [-0.25, -0.2) is 4.98 Å². The molecule has 1 N–H and O–H groups in total. The van der Waals surface area contributed by atoms with Crippen LogP contribution in [0, 0.1) is 20.8 Å². The highest BCUT2D eigenvalue weighted by Crippen LogP contribution is 2.21. The lowest BCUT2D eigenvalue weighted by atomic mass is 10.1. The van der Waals surface area contributed by atoms with E-state index >= 15 is 0 Å². The van der Waals surface area contributed by atoms with Crippen LogP contribution in [-0.4, -0.2) is 10.9 Å². The maximum atomic E-state index is 12.2. The molecule has 0 atom stereocenters. The molecular formula is C15H15ClN2O. The van der Waals surface area contributed by atoms with Crippen LogP contribution in [0.3, 0.4) is 0 Å². The molecule has 0 aliphatic rings. The van der Waals surface area contributed by atoms with E-state index in [0.717, 1.165) is 22.5 Å². The third kappa shape index (κ3) is 3.12. The number of hydrogen-bond donors (Lipinski definition) is 1. The molecule has 1 heterocycles. The van der Waals surface area contributed by atoms with Crippen LogP contribution in [0.4, 0.5) is 5.69 Å². The minimum Gasteiger partial charge on any atom is -0.322 e. The highest BCUT2D eigenvalue weighted by molar-refractivity contribution is 6.29. The van der Waals surface area contributed by atoms with Gasteiger partial charge in [0, 0.05) is 16.9 Å². The molecule has 0 unspecified atom stereocenters. The number of aromatic nitrogens is 1. The number of para-hydroxylation sites is 1. The van der Waals surface area contributed by atoms with Crippen LogP contribution in [0.1, 0.15) is 27.2 Å². The van der Waals surface area contributed by atoms with Gasteiger partial charge in [0.05, 0.1) is 0 Å². The molecule has 1 aromatic carbocycles. The van der Waals surface area contributed by atoms with Crippen molar-refractivity contribution in [3.8, 4) is 0 Å². The molecular weight excluding hydrogens is 260 g/mol. The van der Waals surface area contributed by atoms with E-state index in [9.17, 15) is 4.79 Å². The zero-order valence-corrected chi connectivity index (χ0v) is 11.9. The molecule has 1 aromatic heterocycles. The number of benzene rings is 1. The van der Waals surface area contributed by atoms with E-state index < -0.39 is 0 Å². The summed E-state index contributed by atoms with van der Waals surface area (Å²) in [7, 11) is 0. The van der Waals surface area contributed by atoms with Gasteiger partial charge in [-0.05, 0) is 44.0 Å². The summed E-state index contributed by atoms with van der Waals surface area (Å²) in [6.07, 6.45) is 0. The number of carbonyl (C=O) groups is 1. The number of nitrogens with one attached hydrogen (secondary N) is 1. The maximum absolute atomic E-state index is 12.2. The van der Waals surface area contributed by atoms with Crippen molar-refractivity contribution in [1.29, 1.82) is 0 Å². The first-order valence-electron chi connectivity index (χ1n) is 5.99. The van der Waals surface area contributed by atoms with Gasteiger partial charge in [-0.15, -0.1) is 0 Å². The molecule has 0 bridgehead atoms. The predicted octanol–water partition coefficient (Wildman–Crippen LogP) is 3.91. The van der Waals surface area contributed by atoms with Gasteiger partial charge in [-0.3, -0.25) is 4.79 Å². The van der Waals surface area contributed by atoms with E-state index in [1.165, 1.54) is 0 Å². The minimum absolute atomic E-state index is 0.176. The summed E-state index contributed by atoms with van der Waals surface area (Å²) < 4.78 is 0. The minimum atomic E-state index is -0.176. The summed E-state index contributed by atoms with van der Waals surface area (Å²) in [5.41, 5.74) is 4.15. The summed E-state index contributed by atoms with van der Waals surface area (Å²) in [6.45, 7) is 5.74. The second-order valence-corrected chi connectivity index (χ2v) is 4.93. The fourth-order valence-corrected chi connectivity index (χ4v) is 2.21. The predicted molar refractivity (Wildman–Crippen MR) is 77.9 cm³/mol. The summed E-state index contributed by atoms with van der Waals surface area (Å²) in [5.74, 6) is -0.176. The van der Waals surface area contributed by atoms with Crippen LogP contribution in [0.25, 0.3) is 0 Å². The van der Waals surface area contributed by atoms with Gasteiger partial charge in [0.2, 0.25) is 0 Å². The lowest BCUT2D eigenvalue weighted by molar-refractivity contribution is 0.102. The van der Waals surface area contributed by atoms with Crippen LogP contribution in [0.5, 0.6) is 0 Å². The number of pyridine rings is 1. The molecule has 0 fully saturated rings. The van der Waals surface area contributed by atoms with E-state index in [-0.39, 0.29) is 5.91 Å². The Hall–Kier alpha value is -1.87. The van der Waals surface area contributed by atoms with Gasteiger partial charge in [0.25, 0.3) is 5.91 Å². The first kappa shape index (κ1) is 13.6. The molecule has 2 aromatic rings. The number of nitrogens with zero attached hydrogens (tertiary/aromatic N) is 1. The third-order valence-corrected chi connectivity index (χ3v) is 3.10. The van der Waals surface area contributed by atoms with Crippen molar-refractivity contribution in [1.82, 2.24) is 4.98 Å². The second-order valence-electron chi connectivity index (χ2n) is 4.54. The first-order valence-corrected chi connectivity index (χ1v) is 6.37. The van der Waals surface area contributed by atoms with Crippen LogP contribution in [0.15, 0.2) is 30.3 Å². The van der Waals surface area contributed by atoms with Gasteiger partial charge >= 0.3 is 0 Å². The topological polar surface area (TPSA) is 42.0 Å². The monoisotopic (exact) mass is 274 g/mol. The molecule has 1 amide bonds. The van der Waals surface area contributed by atoms with Crippen molar-refractivity contribution in [3.63, 3.8) is 0 Å². The molecule has 98 valence electrons. The fourth-order valence-electron chi connectivity index (χ4n) is 1.96. The third-order valence-electron chi connectivity index (χ3n) is 2.90. The highest BCUT2D eigenvalue weighted by atomic mass is 35.5. The van der Waals surface area contributed by atoms with Crippen LogP contribution >= 0.6 is 11.6 Å². The maximum Gasteiger partial charge on any atom is 0.255 e. The normalized spacial score (nSPS) is 10.3. The zero-order chi connectivity index (χ0) is 14.0. The Morgan fingerprint density at radius 1 is 1.16 bits per heavy atom. The number of aryl methyl sites for hydroxylation is 3. The average molecular weight is 275 g/mol. The summed E-state index contributed by atoms with van der Waals surface area (Å²) in [6, 6.07) is 9.18. The summed E-state index contributed by atoms with van der Waals surface area (Å²) in [5, 5.41) is 3.25. The smallest absolute Gasteiger partial charge is 0.255 e. The summed E-state index contributed by atoms with van der Waals surface area (Å²) in [4.78, 5) is 16.3. The average Bonchev–Trinajstić information content (AvgIpc) is 2.32. The number of halogens is 1. The molecule has 0 aliphatic heterocycles. The lowest BCUT2D eigenvalue weighted by Crippen LogP contribution is -2.14. The van der Waals surface area contributed by atoms with Gasteiger partial charge < -0.3 is 5.32 Å². The molecule has 4 heteroatoms. The quantitative estimate of drug-likeness (QED) is 0.844.